The Balaban J connectivity index is 1.23. The second-order valence-corrected chi connectivity index (χ2v) is 7.70. The van der Waals surface area contributed by atoms with E-state index in [1.807, 2.05) is 29.2 Å². The van der Waals surface area contributed by atoms with E-state index in [0.717, 1.165) is 18.7 Å². The van der Waals surface area contributed by atoms with Crippen LogP contribution in [0.2, 0.25) is 0 Å². The van der Waals surface area contributed by atoms with E-state index in [1.54, 1.807) is 7.11 Å². The standard InChI is InChI=1S/C22H25N5O2/c1-29-20-5-3-2-4-18(20)24-22(28)26-12-10-25(11-13-26)17-8-9-21-23-19(16-6-7-16)15-27(21)14-17/h2-5,8-9,14-16H,6-7,10-13H2,1H3,(H,24,28). The van der Waals surface area contributed by atoms with Crippen LogP contribution in [-0.4, -0.2) is 53.6 Å². The first-order valence-corrected chi connectivity index (χ1v) is 10.1. The third-order valence-corrected chi connectivity index (χ3v) is 5.73. The van der Waals surface area contributed by atoms with Crippen LogP contribution in [0.5, 0.6) is 5.75 Å². The molecule has 7 heteroatoms. The summed E-state index contributed by atoms with van der Waals surface area (Å²) in [5.74, 6) is 1.32. The van der Waals surface area contributed by atoms with Gasteiger partial charge in [0.1, 0.15) is 11.4 Å². The lowest BCUT2D eigenvalue weighted by Gasteiger charge is -2.36. The molecule has 3 aromatic rings. The van der Waals surface area contributed by atoms with Gasteiger partial charge in [0.15, 0.2) is 0 Å². The molecule has 3 heterocycles. The van der Waals surface area contributed by atoms with Gasteiger partial charge in [-0.2, -0.15) is 0 Å². The van der Waals surface area contributed by atoms with Crippen molar-refractivity contribution in [1.29, 1.82) is 0 Å². The zero-order chi connectivity index (χ0) is 19.8. The van der Waals surface area contributed by atoms with Crippen LogP contribution in [0, 0.1) is 0 Å². The second-order valence-electron chi connectivity index (χ2n) is 7.70. The lowest BCUT2D eigenvalue weighted by molar-refractivity contribution is 0.208. The minimum absolute atomic E-state index is 0.0895. The molecule has 1 aromatic carbocycles. The number of urea groups is 1. The molecule has 0 spiro atoms. The van der Waals surface area contributed by atoms with Crippen molar-refractivity contribution in [2.45, 2.75) is 18.8 Å². The van der Waals surface area contributed by atoms with Gasteiger partial charge in [0.05, 0.1) is 24.2 Å². The number of hydrogen-bond donors (Lipinski definition) is 1. The van der Waals surface area contributed by atoms with Crippen molar-refractivity contribution in [2.75, 3.05) is 43.5 Å². The maximum absolute atomic E-state index is 12.7. The highest BCUT2D eigenvalue weighted by Gasteiger charge is 2.26. The number of imidazole rings is 1. The topological polar surface area (TPSA) is 62.1 Å². The predicted molar refractivity (Wildman–Crippen MR) is 113 cm³/mol. The molecule has 0 bridgehead atoms. The molecule has 5 rings (SSSR count). The summed E-state index contributed by atoms with van der Waals surface area (Å²) >= 11 is 0. The van der Waals surface area contributed by atoms with Gasteiger partial charge in [0, 0.05) is 44.5 Å². The number of pyridine rings is 1. The van der Waals surface area contributed by atoms with Crippen LogP contribution in [0.4, 0.5) is 16.2 Å². The number of aromatic nitrogens is 2. The summed E-state index contributed by atoms with van der Waals surface area (Å²) in [6, 6.07) is 11.6. The third-order valence-electron chi connectivity index (χ3n) is 5.73. The molecule has 1 aliphatic heterocycles. The van der Waals surface area contributed by atoms with E-state index in [-0.39, 0.29) is 6.03 Å². The average molecular weight is 391 g/mol. The number of para-hydroxylation sites is 2. The number of ether oxygens (including phenoxy) is 1. The molecule has 150 valence electrons. The number of rotatable bonds is 4. The Morgan fingerprint density at radius 3 is 2.62 bits per heavy atom. The largest absolute Gasteiger partial charge is 0.495 e. The summed E-state index contributed by atoms with van der Waals surface area (Å²) in [4.78, 5) is 21.6. The van der Waals surface area contributed by atoms with Crippen molar-refractivity contribution in [3.05, 3.63) is 54.5 Å². The van der Waals surface area contributed by atoms with Crippen LogP contribution in [0.15, 0.2) is 48.8 Å². The molecular weight excluding hydrogens is 366 g/mol. The number of nitrogens with one attached hydrogen (secondary N) is 1. The van der Waals surface area contributed by atoms with Crippen LogP contribution in [-0.2, 0) is 0 Å². The van der Waals surface area contributed by atoms with E-state index in [2.05, 4.69) is 39.1 Å². The number of benzene rings is 1. The second kappa shape index (κ2) is 7.31. The minimum Gasteiger partial charge on any atom is -0.495 e. The van der Waals surface area contributed by atoms with Crippen molar-refractivity contribution in [3.8, 4) is 5.75 Å². The highest BCUT2D eigenvalue weighted by atomic mass is 16.5. The molecule has 29 heavy (non-hydrogen) atoms. The maximum Gasteiger partial charge on any atom is 0.322 e. The van der Waals surface area contributed by atoms with E-state index >= 15 is 0 Å². The van der Waals surface area contributed by atoms with Gasteiger partial charge >= 0.3 is 6.03 Å². The van der Waals surface area contributed by atoms with Crippen LogP contribution >= 0.6 is 0 Å². The molecule has 1 saturated heterocycles. The van der Waals surface area contributed by atoms with E-state index in [1.165, 1.54) is 24.2 Å². The Morgan fingerprint density at radius 2 is 1.86 bits per heavy atom. The fourth-order valence-corrected chi connectivity index (χ4v) is 3.87. The molecule has 2 aliphatic rings. The Bertz CT molecular complexity index is 1030. The monoisotopic (exact) mass is 391 g/mol. The van der Waals surface area contributed by atoms with Crippen molar-refractivity contribution in [3.63, 3.8) is 0 Å². The summed E-state index contributed by atoms with van der Waals surface area (Å²) in [5.41, 5.74) is 4.08. The Labute approximate surface area is 169 Å². The van der Waals surface area contributed by atoms with Gasteiger partial charge in [0.25, 0.3) is 0 Å². The number of piperazine rings is 1. The molecule has 1 saturated carbocycles. The molecule has 0 unspecified atom stereocenters. The Kier molecular flexibility index (Phi) is 4.50. The number of nitrogens with zero attached hydrogens (tertiary/aromatic N) is 4. The van der Waals surface area contributed by atoms with Gasteiger partial charge < -0.3 is 24.3 Å². The number of amides is 2. The van der Waals surface area contributed by atoms with Crippen molar-refractivity contribution >= 4 is 23.1 Å². The Morgan fingerprint density at radius 1 is 1.07 bits per heavy atom. The minimum atomic E-state index is -0.0895. The molecule has 2 aromatic heterocycles. The van der Waals surface area contributed by atoms with Crippen LogP contribution in [0.3, 0.4) is 0 Å². The first-order chi connectivity index (χ1) is 14.2. The molecule has 1 aliphatic carbocycles. The zero-order valence-electron chi connectivity index (χ0n) is 16.5. The van der Waals surface area contributed by atoms with Gasteiger partial charge in [-0.15, -0.1) is 0 Å². The van der Waals surface area contributed by atoms with E-state index < -0.39 is 0 Å². The summed E-state index contributed by atoms with van der Waals surface area (Å²) in [7, 11) is 1.61. The molecule has 1 N–H and O–H groups in total. The molecule has 0 atom stereocenters. The molecular formula is C22H25N5O2. The van der Waals surface area contributed by atoms with Crippen molar-refractivity contribution in [1.82, 2.24) is 14.3 Å². The van der Waals surface area contributed by atoms with E-state index in [9.17, 15) is 4.79 Å². The van der Waals surface area contributed by atoms with E-state index in [4.69, 9.17) is 9.72 Å². The maximum atomic E-state index is 12.7. The fraction of sp³-hybridized carbons (Fsp3) is 0.364. The van der Waals surface area contributed by atoms with Gasteiger partial charge in [-0.05, 0) is 37.1 Å². The zero-order valence-corrected chi connectivity index (χ0v) is 16.5. The summed E-state index contributed by atoms with van der Waals surface area (Å²) in [6.45, 7) is 2.95. The third kappa shape index (κ3) is 3.60. The normalized spacial score (nSPS) is 16.9. The van der Waals surface area contributed by atoms with Gasteiger partial charge in [-0.3, -0.25) is 0 Å². The first-order valence-electron chi connectivity index (χ1n) is 10.1. The summed E-state index contributed by atoms with van der Waals surface area (Å²) in [6.07, 6.45) is 6.83. The van der Waals surface area contributed by atoms with E-state index in [0.29, 0.717) is 30.4 Å². The predicted octanol–water partition coefficient (Wildman–Crippen LogP) is 3.57. The SMILES string of the molecule is COc1ccccc1NC(=O)N1CCN(c2ccc3nc(C4CC4)cn3c2)CC1. The molecule has 2 fully saturated rings. The smallest absolute Gasteiger partial charge is 0.322 e. The lowest BCUT2D eigenvalue weighted by Crippen LogP contribution is -2.50. The lowest BCUT2D eigenvalue weighted by atomic mass is 10.2. The number of hydrogen-bond acceptors (Lipinski definition) is 4. The summed E-state index contributed by atoms with van der Waals surface area (Å²) in [5, 5.41) is 2.96. The van der Waals surface area contributed by atoms with Crippen molar-refractivity contribution < 1.29 is 9.53 Å². The number of carbonyl (C=O) groups is 1. The first kappa shape index (κ1) is 17.8. The summed E-state index contributed by atoms with van der Waals surface area (Å²) < 4.78 is 7.44. The van der Waals surface area contributed by atoms with Crippen LogP contribution in [0.25, 0.3) is 5.65 Å². The average Bonchev–Trinajstić information content (AvgIpc) is 3.53. The highest BCUT2D eigenvalue weighted by molar-refractivity contribution is 5.91. The number of carbonyl (C=O) groups excluding carboxylic acids is 1. The van der Waals surface area contributed by atoms with Gasteiger partial charge in [-0.1, -0.05) is 12.1 Å². The molecule has 0 radical (unpaired) electrons. The molecule has 7 nitrogen and oxygen atoms in total. The number of fused-ring (bicyclic) bond motifs is 1. The molecule has 2 amide bonds. The number of anilines is 2. The quantitative estimate of drug-likeness (QED) is 0.739. The Hall–Kier alpha value is -3.22. The van der Waals surface area contributed by atoms with Crippen molar-refractivity contribution in [2.24, 2.45) is 0 Å². The highest BCUT2D eigenvalue weighted by Crippen LogP contribution is 2.39. The van der Waals surface area contributed by atoms with Crippen LogP contribution < -0.4 is 15.0 Å². The van der Waals surface area contributed by atoms with Gasteiger partial charge in [0.2, 0.25) is 0 Å². The van der Waals surface area contributed by atoms with Gasteiger partial charge in [-0.25, -0.2) is 9.78 Å². The fourth-order valence-electron chi connectivity index (χ4n) is 3.87. The number of methoxy groups -OCH3 is 1. The van der Waals surface area contributed by atoms with Crippen LogP contribution in [0.1, 0.15) is 24.5 Å².